The lowest BCUT2D eigenvalue weighted by atomic mass is 9.87. The van der Waals surface area contributed by atoms with Crippen molar-refractivity contribution in [1.29, 1.82) is 0 Å². The van der Waals surface area contributed by atoms with E-state index in [1.807, 2.05) is 44.2 Å². The largest absolute Gasteiger partial charge is 0.493 e. The summed E-state index contributed by atoms with van der Waals surface area (Å²) >= 11 is 0. The van der Waals surface area contributed by atoms with Crippen molar-refractivity contribution in [1.82, 2.24) is 4.98 Å². The molecule has 3 aromatic rings. The van der Waals surface area contributed by atoms with E-state index >= 15 is 0 Å². The van der Waals surface area contributed by atoms with E-state index in [0.717, 1.165) is 16.7 Å². The molecule has 0 amide bonds. The third-order valence-electron chi connectivity index (χ3n) is 7.16. The molecule has 0 aliphatic carbocycles. The van der Waals surface area contributed by atoms with Gasteiger partial charge in [-0.1, -0.05) is 29.8 Å². The SMILES string of the molecule is COc1cc(C(=O)CCC(C)(O)c2cc3c(c(-c4ccc(C)cc4)n2)OCC3(C)N=C(C)N)ccc1OCC(C)O. The molecule has 0 radical (unpaired) electrons. The minimum absolute atomic E-state index is 0.0660. The van der Waals surface area contributed by atoms with E-state index in [1.165, 1.54) is 7.11 Å². The van der Waals surface area contributed by atoms with Crippen LogP contribution in [0.3, 0.4) is 0 Å². The Kier molecular flexibility index (Phi) is 8.70. The van der Waals surface area contributed by atoms with Crippen LogP contribution in [0.2, 0.25) is 0 Å². The average Bonchev–Trinajstić information content (AvgIpc) is 3.25. The molecule has 9 nitrogen and oxygen atoms in total. The highest BCUT2D eigenvalue weighted by molar-refractivity contribution is 5.96. The summed E-state index contributed by atoms with van der Waals surface area (Å²) in [4.78, 5) is 22.7. The molecule has 2 heterocycles. The lowest BCUT2D eigenvalue weighted by Gasteiger charge is -2.26. The van der Waals surface area contributed by atoms with Crippen molar-refractivity contribution in [2.45, 2.75) is 64.7 Å². The molecule has 0 bridgehead atoms. The van der Waals surface area contributed by atoms with Crippen molar-refractivity contribution in [3.63, 3.8) is 0 Å². The zero-order chi connectivity index (χ0) is 29.9. The molecule has 1 aliphatic heterocycles. The van der Waals surface area contributed by atoms with Crippen LogP contribution in [0.5, 0.6) is 17.2 Å². The van der Waals surface area contributed by atoms with E-state index < -0.39 is 17.2 Å². The first-order valence-corrected chi connectivity index (χ1v) is 13.7. The lowest BCUT2D eigenvalue weighted by Crippen LogP contribution is -2.27. The third-order valence-corrected chi connectivity index (χ3v) is 7.16. The van der Waals surface area contributed by atoms with Gasteiger partial charge in [-0.15, -0.1) is 0 Å². The van der Waals surface area contributed by atoms with Gasteiger partial charge in [0.1, 0.15) is 30.0 Å². The second kappa shape index (κ2) is 11.9. The van der Waals surface area contributed by atoms with Gasteiger partial charge < -0.3 is 30.2 Å². The fourth-order valence-corrected chi connectivity index (χ4v) is 4.83. The maximum Gasteiger partial charge on any atom is 0.163 e. The van der Waals surface area contributed by atoms with Crippen LogP contribution in [-0.2, 0) is 11.1 Å². The molecule has 0 saturated heterocycles. The van der Waals surface area contributed by atoms with Crippen molar-refractivity contribution in [3.8, 4) is 28.5 Å². The molecular weight excluding hydrogens is 522 g/mol. The Morgan fingerprint density at radius 2 is 1.93 bits per heavy atom. The van der Waals surface area contributed by atoms with Crippen LogP contribution in [0.4, 0.5) is 0 Å². The zero-order valence-electron chi connectivity index (χ0n) is 24.5. The zero-order valence-corrected chi connectivity index (χ0v) is 24.5. The summed E-state index contributed by atoms with van der Waals surface area (Å²) in [5, 5.41) is 21.2. The van der Waals surface area contributed by atoms with Gasteiger partial charge in [-0.2, -0.15) is 0 Å². The number of aromatic nitrogens is 1. The molecule has 9 heteroatoms. The number of methoxy groups -OCH3 is 1. The molecular formula is C32H39N3O6. The summed E-state index contributed by atoms with van der Waals surface area (Å²) < 4.78 is 17.1. The Balaban J connectivity index is 1.64. The van der Waals surface area contributed by atoms with Gasteiger partial charge in [0, 0.05) is 23.1 Å². The number of aliphatic hydroxyl groups excluding tert-OH is 1. The van der Waals surface area contributed by atoms with Crippen molar-refractivity contribution < 1.29 is 29.2 Å². The molecule has 0 saturated carbocycles. The molecule has 218 valence electrons. The van der Waals surface area contributed by atoms with Crippen molar-refractivity contribution in [2.24, 2.45) is 10.7 Å². The highest BCUT2D eigenvalue weighted by Gasteiger charge is 2.41. The van der Waals surface area contributed by atoms with E-state index in [-0.39, 0.29) is 25.2 Å². The maximum absolute atomic E-state index is 13.2. The topological polar surface area (TPSA) is 136 Å². The molecule has 2 aromatic carbocycles. The van der Waals surface area contributed by atoms with Crippen molar-refractivity contribution in [3.05, 3.63) is 70.9 Å². The van der Waals surface area contributed by atoms with E-state index in [1.54, 1.807) is 39.0 Å². The van der Waals surface area contributed by atoms with E-state index in [2.05, 4.69) is 4.99 Å². The molecule has 41 heavy (non-hydrogen) atoms. The summed E-state index contributed by atoms with van der Waals surface area (Å²) in [5.74, 6) is 1.70. The minimum Gasteiger partial charge on any atom is -0.493 e. The maximum atomic E-state index is 13.2. The number of amidine groups is 1. The fourth-order valence-electron chi connectivity index (χ4n) is 4.83. The Labute approximate surface area is 241 Å². The molecule has 1 aliphatic rings. The summed E-state index contributed by atoms with van der Waals surface area (Å²) in [6, 6.07) is 14.6. The predicted molar refractivity (Wildman–Crippen MR) is 158 cm³/mol. The van der Waals surface area contributed by atoms with E-state index in [9.17, 15) is 15.0 Å². The number of ether oxygens (including phenoxy) is 3. The van der Waals surface area contributed by atoms with Crippen LogP contribution in [0.15, 0.2) is 53.5 Å². The van der Waals surface area contributed by atoms with Gasteiger partial charge in [0.25, 0.3) is 0 Å². The summed E-state index contributed by atoms with van der Waals surface area (Å²) in [6.07, 6.45) is -0.445. The van der Waals surface area contributed by atoms with E-state index in [0.29, 0.717) is 46.6 Å². The predicted octanol–water partition coefficient (Wildman–Crippen LogP) is 4.68. The Bertz CT molecular complexity index is 1440. The number of ketones is 1. The molecule has 0 spiro atoms. The van der Waals surface area contributed by atoms with Crippen LogP contribution in [-0.4, -0.2) is 53.2 Å². The van der Waals surface area contributed by atoms with Crippen LogP contribution in [0.25, 0.3) is 11.3 Å². The van der Waals surface area contributed by atoms with Crippen LogP contribution < -0.4 is 19.9 Å². The van der Waals surface area contributed by atoms with Gasteiger partial charge in [0.2, 0.25) is 0 Å². The first-order chi connectivity index (χ1) is 19.3. The third kappa shape index (κ3) is 6.69. The number of carbonyl (C=O) groups excluding carboxylic acids is 1. The number of aliphatic hydroxyl groups is 2. The number of nitrogens with two attached hydrogens (primary N) is 1. The van der Waals surface area contributed by atoms with Gasteiger partial charge in [-0.25, -0.2) is 4.98 Å². The monoisotopic (exact) mass is 561 g/mol. The number of hydrogen-bond acceptors (Lipinski definition) is 8. The Hall–Kier alpha value is -3.95. The van der Waals surface area contributed by atoms with Crippen LogP contribution in [0.1, 0.15) is 67.7 Å². The van der Waals surface area contributed by atoms with Gasteiger partial charge in [0.05, 0.1) is 24.7 Å². The summed E-state index contributed by atoms with van der Waals surface area (Å²) in [6.45, 7) is 9.36. The van der Waals surface area contributed by atoms with Crippen LogP contribution >= 0.6 is 0 Å². The fraction of sp³-hybridized carbons (Fsp3) is 0.406. The number of Topliss-reactive ketones (excluding diaryl/α,β-unsaturated/α-hetero) is 1. The highest BCUT2D eigenvalue weighted by atomic mass is 16.5. The molecule has 4 rings (SSSR count). The number of benzene rings is 2. The molecule has 3 unspecified atom stereocenters. The lowest BCUT2D eigenvalue weighted by molar-refractivity contribution is 0.0396. The number of aliphatic imine (C=N–C) groups is 1. The van der Waals surface area contributed by atoms with E-state index in [4.69, 9.17) is 24.9 Å². The number of hydrogen-bond donors (Lipinski definition) is 3. The van der Waals surface area contributed by atoms with Crippen LogP contribution in [0, 0.1) is 6.92 Å². The second-order valence-electron chi connectivity index (χ2n) is 11.1. The molecule has 3 atom stereocenters. The smallest absolute Gasteiger partial charge is 0.163 e. The number of fused-ring (bicyclic) bond motifs is 1. The quantitative estimate of drug-likeness (QED) is 0.174. The van der Waals surface area contributed by atoms with Crippen molar-refractivity contribution in [2.75, 3.05) is 20.3 Å². The molecule has 4 N–H and O–H groups in total. The van der Waals surface area contributed by atoms with Gasteiger partial charge in [-0.05, 0) is 65.3 Å². The Morgan fingerprint density at radius 1 is 1.22 bits per heavy atom. The van der Waals surface area contributed by atoms with Gasteiger partial charge >= 0.3 is 0 Å². The summed E-state index contributed by atoms with van der Waals surface area (Å²) in [7, 11) is 1.49. The minimum atomic E-state index is -1.43. The molecule has 1 aromatic heterocycles. The van der Waals surface area contributed by atoms with Crippen molar-refractivity contribution >= 4 is 11.6 Å². The first-order valence-electron chi connectivity index (χ1n) is 13.7. The normalized spacial score (nSPS) is 18.7. The second-order valence-corrected chi connectivity index (χ2v) is 11.1. The number of pyridine rings is 1. The highest BCUT2D eigenvalue weighted by Crippen LogP contribution is 2.46. The Morgan fingerprint density at radius 3 is 2.56 bits per heavy atom. The number of carbonyl (C=O) groups is 1. The first kappa shape index (κ1) is 30.0. The van der Waals surface area contributed by atoms with Gasteiger partial charge in [-0.3, -0.25) is 9.79 Å². The van der Waals surface area contributed by atoms with Gasteiger partial charge in [0.15, 0.2) is 23.0 Å². The number of aryl methyl sites for hydroxylation is 1. The average molecular weight is 562 g/mol. The number of rotatable bonds is 11. The number of nitrogens with zero attached hydrogens (tertiary/aromatic N) is 2. The summed E-state index contributed by atoms with van der Waals surface area (Å²) in [5.41, 5.74) is 7.99. The standard InChI is InChI=1S/C32H39N3O6/c1-19-7-9-22(10-8-19)29-30-24(31(4,18-41-30)35-21(3)33)16-28(34-29)32(5,38)14-13-25(37)23-11-12-26(27(15-23)39-6)40-17-20(2)36/h7-12,15-16,20,36,38H,13-14,17-18H2,1-6H3,(H2,33,35). The molecule has 0 fully saturated rings.